The second kappa shape index (κ2) is 5.35. The lowest BCUT2D eigenvalue weighted by Crippen LogP contribution is -2.80. The zero-order valence-corrected chi connectivity index (χ0v) is 17.1. The molecule has 1 N–H and O–H groups in total. The van der Waals surface area contributed by atoms with Gasteiger partial charge in [-0.3, -0.25) is 14.5 Å². The quantitative estimate of drug-likeness (QED) is 0.763. The fourth-order valence-corrected chi connectivity index (χ4v) is 8.80. The Kier molecular flexibility index (Phi) is 3.12. The molecule has 7 rings (SSSR count). The maximum absolute atomic E-state index is 13.7. The molecule has 0 radical (unpaired) electrons. The molecule has 6 nitrogen and oxygen atoms in total. The normalized spacial score (nSPS) is 43.7. The van der Waals surface area contributed by atoms with Gasteiger partial charge in [0.25, 0.3) is 0 Å². The summed E-state index contributed by atoms with van der Waals surface area (Å²) in [6, 6.07) is 8.52. The number of para-hydroxylation sites is 1. The standard InChI is InChI=1S/C24H26N2O4/c1-13(22(28)29)24-21-15-10-19-23(24)7-8-25(19)12-14(15)6-9-30-18(21)11-20(27)26(24)17-5-3-2-4-16(17)23/h2-6,13,15,18-19,21H,7-12H2,1H3,(H,28,29)/t13?,15-,18?,19-,21-,23+,24?/m0/s1. The van der Waals surface area contributed by atoms with E-state index in [1.807, 2.05) is 24.0 Å². The van der Waals surface area contributed by atoms with Crippen LogP contribution in [0.5, 0.6) is 0 Å². The van der Waals surface area contributed by atoms with Gasteiger partial charge in [0.2, 0.25) is 5.91 Å². The summed E-state index contributed by atoms with van der Waals surface area (Å²) in [6.07, 6.45) is 4.30. The number of hydrogen-bond acceptors (Lipinski definition) is 4. The summed E-state index contributed by atoms with van der Waals surface area (Å²) >= 11 is 0. The Morgan fingerprint density at radius 2 is 2.17 bits per heavy atom. The average molecular weight is 406 g/mol. The summed E-state index contributed by atoms with van der Waals surface area (Å²) in [5, 5.41) is 10.4. The van der Waals surface area contributed by atoms with Gasteiger partial charge in [0.1, 0.15) is 0 Å². The Hall–Kier alpha value is -2.18. The van der Waals surface area contributed by atoms with Gasteiger partial charge < -0.3 is 14.7 Å². The van der Waals surface area contributed by atoms with E-state index in [0.29, 0.717) is 13.0 Å². The Labute approximate surface area is 175 Å². The summed E-state index contributed by atoms with van der Waals surface area (Å²) < 4.78 is 6.31. The van der Waals surface area contributed by atoms with Crippen molar-refractivity contribution in [2.45, 2.75) is 49.3 Å². The third-order valence-corrected chi connectivity index (χ3v) is 9.51. The van der Waals surface area contributed by atoms with Gasteiger partial charge in [0.05, 0.1) is 30.6 Å². The molecule has 7 atom stereocenters. The average Bonchev–Trinajstić information content (AvgIpc) is 3.19. The van der Waals surface area contributed by atoms with Gasteiger partial charge in [-0.25, -0.2) is 0 Å². The van der Waals surface area contributed by atoms with Crippen LogP contribution in [0.3, 0.4) is 0 Å². The fraction of sp³-hybridized carbons (Fsp3) is 0.583. The van der Waals surface area contributed by atoms with Crippen molar-refractivity contribution in [1.82, 2.24) is 4.90 Å². The molecule has 1 aliphatic carbocycles. The van der Waals surface area contributed by atoms with Crippen LogP contribution in [0.1, 0.15) is 31.7 Å². The van der Waals surface area contributed by atoms with E-state index in [2.05, 4.69) is 23.1 Å². The maximum atomic E-state index is 13.7. The molecule has 6 aliphatic rings. The number of carboxylic acids is 1. The molecule has 30 heavy (non-hydrogen) atoms. The number of carboxylic acid groups (broad SMARTS) is 1. The van der Waals surface area contributed by atoms with Crippen molar-refractivity contribution in [2.75, 3.05) is 24.6 Å². The van der Waals surface area contributed by atoms with E-state index in [1.54, 1.807) is 0 Å². The lowest BCUT2D eigenvalue weighted by Gasteiger charge is -2.67. The van der Waals surface area contributed by atoms with Crippen LogP contribution in [0, 0.1) is 17.8 Å². The molecule has 1 aromatic carbocycles. The number of fused-ring (bicyclic) bond motifs is 2. The van der Waals surface area contributed by atoms with Crippen molar-refractivity contribution >= 4 is 17.6 Å². The number of piperidine rings is 2. The van der Waals surface area contributed by atoms with E-state index in [0.717, 1.165) is 31.6 Å². The molecule has 0 aromatic heterocycles. The minimum absolute atomic E-state index is 0.0129. The van der Waals surface area contributed by atoms with Crippen molar-refractivity contribution < 1.29 is 19.4 Å². The van der Waals surface area contributed by atoms with Gasteiger partial charge >= 0.3 is 5.97 Å². The number of ether oxygens (including phenoxy) is 1. The zero-order valence-electron chi connectivity index (χ0n) is 17.1. The minimum atomic E-state index is -0.811. The summed E-state index contributed by atoms with van der Waals surface area (Å²) in [4.78, 5) is 30.9. The first-order valence-electron chi connectivity index (χ1n) is 11.2. The summed E-state index contributed by atoms with van der Waals surface area (Å²) in [6.45, 7) is 4.28. The number of nitrogens with zero attached hydrogens (tertiary/aromatic N) is 2. The second-order valence-corrected chi connectivity index (χ2v) is 10.1. The van der Waals surface area contributed by atoms with Crippen LogP contribution < -0.4 is 4.90 Å². The monoisotopic (exact) mass is 406 g/mol. The van der Waals surface area contributed by atoms with Gasteiger partial charge in [-0.05, 0) is 43.9 Å². The SMILES string of the molecule is CC(C(=O)O)C12[C@@H]3C4CC(=O)N1c1ccccc1[C@@]21CCN2CC(=CCO4)[C@@H]3C[C@H]21. The van der Waals surface area contributed by atoms with Gasteiger partial charge in [0, 0.05) is 29.6 Å². The molecular weight excluding hydrogens is 380 g/mol. The number of amides is 1. The molecule has 1 saturated carbocycles. The molecule has 6 heteroatoms. The molecular formula is C24H26N2O4. The van der Waals surface area contributed by atoms with Crippen LogP contribution in [-0.4, -0.2) is 59.3 Å². The highest BCUT2D eigenvalue weighted by Crippen LogP contribution is 2.72. The van der Waals surface area contributed by atoms with Crippen LogP contribution in [0.4, 0.5) is 5.69 Å². The number of carbonyl (C=O) groups is 2. The summed E-state index contributed by atoms with van der Waals surface area (Å²) in [7, 11) is 0. The van der Waals surface area contributed by atoms with E-state index in [9.17, 15) is 14.7 Å². The first kappa shape index (κ1) is 17.5. The van der Waals surface area contributed by atoms with Crippen LogP contribution in [0.2, 0.25) is 0 Å². The molecule has 1 spiro atoms. The molecule has 5 aliphatic heterocycles. The first-order valence-corrected chi connectivity index (χ1v) is 11.2. The lowest BCUT2D eigenvalue weighted by atomic mass is 9.43. The fourth-order valence-electron chi connectivity index (χ4n) is 8.80. The summed E-state index contributed by atoms with van der Waals surface area (Å²) in [5.74, 6) is -1.16. The third-order valence-electron chi connectivity index (χ3n) is 9.51. The van der Waals surface area contributed by atoms with Crippen molar-refractivity contribution in [1.29, 1.82) is 0 Å². The van der Waals surface area contributed by atoms with Gasteiger partial charge in [-0.15, -0.1) is 0 Å². The number of aliphatic carboxylic acids is 1. The van der Waals surface area contributed by atoms with Crippen molar-refractivity contribution in [2.24, 2.45) is 17.8 Å². The largest absolute Gasteiger partial charge is 0.481 e. The second-order valence-electron chi connectivity index (χ2n) is 10.1. The predicted octanol–water partition coefficient (Wildman–Crippen LogP) is 2.18. The van der Waals surface area contributed by atoms with Crippen LogP contribution in [0.25, 0.3) is 0 Å². The first-order chi connectivity index (χ1) is 14.5. The van der Waals surface area contributed by atoms with Crippen LogP contribution in [-0.2, 0) is 19.7 Å². The van der Waals surface area contributed by atoms with Crippen molar-refractivity contribution in [3.05, 3.63) is 41.5 Å². The molecule has 3 saturated heterocycles. The maximum Gasteiger partial charge on any atom is 0.308 e. The van der Waals surface area contributed by atoms with Crippen LogP contribution >= 0.6 is 0 Å². The zero-order chi connectivity index (χ0) is 20.4. The topological polar surface area (TPSA) is 70.1 Å². The molecule has 2 bridgehead atoms. The van der Waals surface area contributed by atoms with Crippen LogP contribution in [0.15, 0.2) is 35.9 Å². The minimum Gasteiger partial charge on any atom is -0.481 e. The van der Waals surface area contributed by atoms with E-state index in [1.165, 1.54) is 11.1 Å². The number of anilines is 1. The van der Waals surface area contributed by atoms with Crippen molar-refractivity contribution in [3.8, 4) is 0 Å². The predicted molar refractivity (Wildman–Crippen MR) is 109 cm³/mol. The van der Waals surface area contributed by atoms with E-state index in [-0.39, 0.29) is 35.3 Å². The van der Waals surface area contributed by atoms with Gasteiger partial charge in [-0.2, -0.15) is 0 Å². The Bertz CT molecular complexity index is 1040. The highest BCUT2D eigenvalue weighted by molar-refractivity contribution is 6.02. The Balaban J connectivity index is 1.63. The number of carbonyl (C=O) groups excluding carboxylic acids is 1. The van der Waals surface area contributed by atoms with E-state index in [4.69, 9.17) is 4.74 Å². The van der Waals surface area contributed by atoms with Gasteiger partial charge in [-0.1, -0.05) is 29.8 Å². The Morgan fingerprint density at radius 1 is 1.33 bits per heavy atom. The molecule has 5 heterocycles. The van der Waals surface area contributed by atoms with Crippen molar-refractivity contribution in [3.63, 3.8) is 0 Å². The number of benzene rings is 1. The number of hydrogen-bond donors (Lipinski definition) is 1. The molecule has 3 unspecified atom stereocenters. The smallest absolute Gasteiger partial charge is 0.308 e. The lowest BCUT2D eigenvalue weighted by molar-refractivity contribution is -0.163. The molecule has 1 amide bonds. The van der Waals surface area contributed by atoms with E-state index >= 15 is 0 Å². The highest BCUT2D eigenvalue weighted by Gasteiger charge is 2.80. The highest BCUT2D eigenvalue weighted by atomic mass is 16.5. The number of rotatable bonds is 2. The summed E-state index contributed by atoms with van der Waals surface area (Å²) in [5.41, 5.74) is 2.40. The molecule has 1 aromatic rings. The Morgan fingerprint density at radius 3 is 3.00 bits per heavy atom. The molecule has 4 fully saturated rings. The third kappa shape index (κ3) is 1.60. The molecule has 156 valence electrons. The van der Waals surface area contributed by atoms with E-state index < -0.39 is 17.4 Å². The van der Waals surface area contributed by atoms with Gasteiger partial charge in [0.15, 0.2) is 0 Å².